The summed E-state index contributed by atoms with van der Waals surface area (Å²) in [5.41, 5.74) is 20.2. The number of hydrogen-bond donors (Lipinski definition) is 0. The fraction of sp³-hybridized carbons (Fsp3) is 0.132. The van der Waals surface area contributed by atoms with Crippen molar-refractivity contribution >= 4 is 39.0 Å². The van der Waals surface area contributed by atoms with Crippen molar-refractivity contribution in [3.63, 3.8) is 0 Å². The van der Waals surface area contributed by atoms with Crippen molar-refractivity contribution in [2.75, 3.05) is 4.90 Å². The largest absolute Gasteiger partial charge is 0.404 e. The molecule has 272 valence electrons. The Morgan fingerprint density at radius 3 is 2.00 bits per heavy atom. The van der Waals surface area contributed by atoms with E-state index in [2.05, 4.69) is 192 Å². The lowest BCUT2D eigenvalue weighted by atomic mass is 9.64. The third-order valence-electron chi connectivity index (χ3n) is 14.9. The Morgan fingerprint density at radius 2 is 1.19 bits per heavy atom. The van der Waals surface area contributed by atoms with Gasteiger partial charge in [0.2, 0.25) is 5.69 Å². The summed E-state index contributed by atoms with van der Waals surface area (Å²) in [6.45, 7) is 9.72. The average Bonchev–Trinajstić information content (AvgIpc) is 3.75. The van der Waals surface area contributed by atoms with Crippen LogP contribution in [0.2, 0.25) is 0 Å². The first-order valence-electron chi connectivity index (χ1n) is 20.5. The number of anilines is 3. The molecule has 15 rings (SSSR count). The molecular weight excluding hydrogens is 709 g/mol. The Balaban J connectivity index is 1.14. The molecule has 58 heavy (non-hydrogen) atoms. The zero-order chi connectivity index (χ0) is 38.2. The van der Waals surface area contributed by atoms with E-state index in [0.717, 1.165) is 28.5 Å². The summed E-state index contributed by atoms with van der Waals surface area (Å²) in [6.07, 6.45) is 0. The molecule has 0 radical (unpaired) electrons. The number of benzene rings is 6. The zero-order valence-corrected chi connectivity index (χ0v) is 32.6. The maximum Gasteiger partial charge on any atom is 0.379 e. The lowest BCUT2D eigenvalue weighted by Crippen LogP contribution is -2.76. The smallest absolute Gasteiger partial charge is 0.379 e. The minimum absolute atomic E-state index is 0.236. The first kappa shape index (κ1) is 30.2. The molecule has 0 fully saturated rings. The highest BCUT2D eigenvalue weighted by Gasteiger charge is 2.74. The van der Waals surface area contributed by atoms with Crippen molar-refractivity contribution in [3.8, 4) is 51.0 Å². The van der Waals surface area contributed by atoms with Crippen molar-refractivity contribution < 1.29 is 13.9 Å². The van der Waals surface area contributed by atoms with Crippen LogP contribution >= 0.6 is 0 Å². The fourth-order valence-electron chi connectivity index (χ4n) is 12.4. The molecule has 3 aromatic heterocycles. The predicted octanol–water partition coefficient (Wildman–Crippen LogP) is 11.5. The van der Waals surface area contributed by atoms with Gasteiger partial charge in [0.1, 0.15) is 16.8 Å². The van der Waals surface area contributed by atoms with Crippen molar-refractivity contribution in [2.45, 2.75) is 44.2 Å². The number of pyridine rings is 2. The van der Waals surface area contributed by atoms with E-state index in [1.165, 1.54) is 94.9 Å². The van der Waals surface area contributed by atoms with Crippen molar-refractivity contribution in [1.82, 2.24) is 4.57 Å². The van der Waals surface area contributed by atoms with Gasteiger partial charge < -0.3 is 9.30 Å². The number of para-hydroxylation sites is 2. The molecule has 0 bridgehead atoms. The molecule has 0 saturated heterocycles. The van der Waals surface area contributed by atoms with E-state index >= 15 is 0 Å². The first-order valence-corrected chi connectivity index (χ1v) is 20.5. The standard InChI is InChI=1S/C53H36N4O/c1-51(2)35-14-10-15-36-48(35)55-49-37(51)22-25-41-45(49)53-46-43(26-21-34-33-13-8-9-16-39(33)54(41)47(34)46)58-44-28-32(31-19-17-30(18-20-31)29-11-6-5-7-12-29)27-42(56(44)53)40-24-23-38(52(36,3)4)50(55)57(40)53/h5-28H,1-4H3/q+2. The molecule has 1 spiro atoms. The number of ether oxygens (including phenoxy) is 1. The second kappa shape index (κ2) is 9.25. The van der Waals surface area contributed by atoms with Crippen LogP contribution in [0.5, 0.6) is 11.6 Å². The van der Waals surface area contributed by atoms with Crippen LogP contribution in [0.25, 0.3) is 61.1 Å². The van der Waals surface area contributed by atoms with Crippen LogP contribution < -0.4 is 18.8 Å². The quantitative estimate of drug-likeness (QED) is 0.165. The highest BCUT2D eigenvalue weighted by atomic mass is 16.5. The van der Waals surface area contributed by atoms with Gasteiger partial charge in [-0.3, -0.25) is 0 Å². The van der Waals surface area contributed by atoms with E-state index in [0.29, 0.717) is 0 Å². The Morgan fingerprint density at radius 1 is 0.500 bits per heavy atom. The molecule has 0 aliphatic carbocycles. The Kier molecular flexibility index (Phi) is 4.81. The highest BCUT2D eigenvalue weighted by Crippen LogP contribution is 2.67. The van der Waals surface area contributed by atoms with E-state index < -0.39 is 5.66 Å². The van der Waals surface area contributed by atoms with E-state index in [4.69, 9.17) is 4.74 Å². The summed E-state index contributed by atoms with van der Waals surface area (Å²) in [4.78, 5) is 2.68. The number of aromatic nitrogens is 3. The van der Waals surface area contributed by atoms with Gasteiger partial charge in [-0.25, -0.2) is 0 Å². The number of hydrogen-bond acceptors (Lipinski definition) is 2. The molecule has 9 aromatic rings. The van der Waals surface area contributed by atoms with Gasteiger partial charge in [-0.05, 0) is 58.7 Å². The summed E-state index contributed by atoms with van der Waals surface area (Å²) < 4.78 is 15.1. The third kappa shape index (κ3) is 2.97. The van der Waals surface area contributed by atoms with E-state index in [1.807, 2.05) is 0 Å². The predicted molar refractivity (Wildman–Crippen MR) is 228 cm³/mol. The summed E-state index contributed by atoms with van der Waals surface area (Å²) in [7, 11) is 0. The molecule has 6 aromatic carbocycles. The van der Waals surface area contributed by atoms with Crippen LogP contribution in [0.15, 0.2) is 146 Å². The normalized spacial score (nSPS) is 18.8. The van der Waals surface area contributed by atoms with Crippen molar-refractivity contribution in [3.05, 3.63) is 179 Å². The Labute approximate surface area is 335 Å². The van der Waals surface area contributed by atoms with Crippen LogP contribution in [0.1, 0.15) is 61.1 Å². The lowest BCUT2D eigenvalue weighted by Gasteiger charge is -2.49. The summed E-state index contributed by atoms with van der Waals surface area (Å²) in [5, 5.41) is 2.52. The second-order valence-electron chi connectivity index (χ2n) is 18.1. The molecule has 5 nitrogen and oxygen atoms in total. The summed E-state index contributed by atoms with van der Waals surface area (Å²) >= 11 is 0. The minimum atomic E-state index is -0.731. The van der Waals surface area contributed by atoms with Gasteiger partial charge in [-0.2, -0.15) is 4.90 Å². The Bertz CT molecular complexity index is 3470. The molecule has 9 heterocycles. The molecular formula is C53H36N4O+2. The summed E-state index contributed by atoms with van der Waals surface area (Å²) in [6, 6.07) is 54.6. The average molecular weight is 745 g/mol. The molecule has 0 amide bonds. The highest BCUT2D eigenvalue weighted by molar-refractivity contribution is 6.13. The van der Waals surface area contributed by atoms with Crippen LogP contribution in [-0.2, 0) is 16.5 Å². The van der Waals surface area contributed by atoms with Gasteiger partial charge in [0.15, 0.2) is 11.4 Å². The molecule has 0 saturated carbocycles. The third-order valence-corrected chi connectivity index (χ3v) is 14.9. The van der Waals surface area contributed by atoms with Gasteiger partial charge in [0.25, 0.3) is 11.5 Å². The molecule has 0 N–H and O–H groups in total. The number of nitrogens with zero attached hydrogens (tertiary/aromatic N) is 4. The van der Waals surface area contributed by atoms with Crippen LogP contribution in [0.4, 0.5) is 17.2 Å². The van der Waals surface area contributed by atoms with E-state index in [-0.39, 0.29) is 10.8 Å². The second-order valence-corrected chi connectivity index (χ2v) is 18.1. The SMILES string of the molecule is CC1(C)c2cccc3c2N2c4c1ccc1c4C45c6c(ccc7c8ccccc8n-1c67)Oc1cc(-c6ccc(-c7ccccc7)cc6)cc([n+]14)-c1ccc(c2[n+]15)C3(C)C. The van der Waals surface area contributed by atoms with Gasteiger partial charge in [0.05, 0.1) is 28.4 Å². The van der Waals surface area contributed by atoms with Crippen LogP contribution in [0, 0.1) is 0 Å². The molecule has 6 aliphatic heterocycles. The molecule has 1 atom stereocenters. The topological polar surface area (TPSA) is 25.2 Å². The maximum atomic E-state index is 7.29. The van der Waals surface area contributed by atoms with Crippen molar-refractivity contribution in [1.29, 1.82) is 0 Å². The van der Waals surface area contributed by atoms with Gasteiger partial charge in [-0.1, -0.05) is 125 Å². The summed E-state index contributed by atoms with van der Waals surface area (Å²) in [5.74, 6) is 3.04. The fourth-order valence-corrected chi connectivity index (χ4v) is 12.4. The van der Waals surface area contributed by atoms with E-state index in [9.17, 15) is 0 Å². The molecule has 1 unspecified atom stereocenters. The Hall–Kier alpha value is -6.98. The number of fused-ring (bicyclic) bond motifs is 5. The van der Waals surface area contributed by atoms with Crippen LogP contribution in [0.3, 0.4) is 0 Å². The monoisotopic (exact) mass is 744 g/mol. The van der Waals surface area contributed by atoms with Gasteiger partial charge in [0, 0.05) is 44.4 Å². The minimum Gasteiger partial charge on any atom is -0.404 e. The van der Waals surface area contributed by atoms with Gasteiger partial charge in [-0.15, -0.1) is 9.13 Å². The molecule has 6 aliphatic rings. The zero-order valence-electron chi connectivity index (χ0n) is 32.6. The maximum absolute atomic E-state index is 7.29. The van der Waals surface area contributed by atoms with Gasteiger partial charge >= 0.3 is 11.5 Å². The lowest BCUT2D eigenvalue weighted by molar-refractivity contribution is -0.936. The first-order chi connectivity index (χ1) is 28.3. The number of rotatable bonds is 2. The van der Waals surface area contributed by atoms with Crippen LogP contribution in [-0.4, -0.2) is 4.57 Å². The van der Waals surface area contributed by atoms with E-state index in [1.54, 1.807) is 0 Å². The molecule has 5 heteroatoms. The van der Waals surface area contributed by atoms with Crippen molar-refractivity contribution in [2.24, 2.45) is 0 Å².